The number of carbonyl (C=O) groups excluding carboxylic acids is 3. The normalized spacial score (nSPS) is 13.7. The fourth-order valence-corrected chi connectivity index (χ4v) is 5.09. The Labute approximate surface area is 298 Å². The topological polar surface area (TPSA) is 102 Å². The van der Waals surface area contributed by atoms with Crippen molar-refractivity contribution in [3.8, 4) is 0 Å². The van der Waals surface area contributed by atoms with Gasteiger partial charge in [-0.1, -0.05) is 139 Å². The van der Waals surface area contributed by atoms with Crippen molar-refractivity contribution in [1.29, 1.82) is 0 Å². The van der Waals surface area contributed by atoms with E-state index in [4.69, 9.17) is 14.2 Å². The molecule has 0 aliphatic carbocycles. The fraction of sp³-hybridized carbons (Fsp3) is 0.683. The molecule has 0 aromatic carbocycles. The summed E-state index contributed by atoms with van der Waals surface area (Å²) < 4.78 is 17.0. The Morgan fingerprint density at radius 2 is 1.14 bits per heavy atom. The molecule has 0 aliphatic heterocycles. The van der Waals surface area contributed by atoms with Gasteiger partial charge in [0, 0.05) is 19.3 Å². The molecule has 8 heteroatoms. The molecule has 8 nitrogen and oxygen atoms in total. The Bertz CT molecular complexity index is 990. The summed E-state index contributed by atoms with van der Waals surface area (Å²) in [7, 11) is 5.37. The van der Waals surface area contributed by atoms with Crippen molar-refractivity contribution in [2.45, 2.75) is 142 Å². The van der Waals surface area contributed by atoms with Gasteiger partial charge in [0.15, 0.2) is 6.10 Å². The maximum absolute atomic E-state index is 12.6. The molecule has 0 N–H and O–H groups in total. The summed E-state index contributed by atoms with van der Waals surface area (Å²) in [5.41, 5.74) is 0. The third kappa shape index (κ3) is 30.8. The van der Waals surface area contributed by atoms with Crippen LogP contribution in [0.5, 0.6) is 0 Å². The highest BCUT2D eigenvalue weighted by Crippen LogP contribution is 2.13. The van der Waals surface area contributed by atoms with Gasteiger partial charge in [-0.2, -0.15) is 0 Å². The molecule has 0 heterocycles. The van der Waals surface area contributed by atoms with E-state index in [-0.39, 0.29) is 49.1 Å². The molecule has 49 heavy (non-hydrogen) atoms. The molecular formula is C41H69NO7. The van der Waals surface area contributed by atoms with Crippen LogP contribution in [0.1, 0.15) is 129 Å². The number of esters is 2. The number of ether oxygens (including phenoxy) is 3. The largest absolute Gasteiger partial charge is 0.544 e. The molecule has 0 fully saturated rings. The summed E-state index contributed by atoms with van der Waals surface area (Å²) >= 11 is 0. The van der Waals surface area contributed by atoms with Crippen molar-refractivity contribution >= 4 is 17.9 Å². The van der Waals surface area contributed by atoms with Crippen LogP contribution in [0, 0.1) is 0 Å². The smallest absolute Gasteiger partial charge is 0.306 e. The first-order chi connectivity index (χ1) is 23.6. The molecule has 0 saturated carbocycles. The van der Waals surface area contributed by atoms with Crippen LogP contribution in [0.2, 0.25) is 0 Å². The van der Waals surface area contributed by atoms with E-state index in [9.17, 15) is 19.5 Å². The summed E-state index contributed by atoms with van der Waals surface area (Å²) in [5, 5.41) is 11.6. The number of likely N-dealkylation sites (N-methyl/N-ethyl adjacent to an activating group) is 1. The van der Waals surface area contributed by atoms with Gasteiger partial charge >= 0.3 is 11.9 Å². The van der Waals surface area contributed by atoms with E-state index < -0.39 is 18.1 Å². The number of carbonyl (C=O) groups is 3. The van der Waals surface area contributed by atoms with Crippen LogP contribution < -0.4 is 5.11 Å². The highest BCUT2D eigenvalue weighted by atomic mass is 16.6. The lowest BCUT2D eigenvalue weighted by molar-refractivity contribution is -0.889. The van der Waals surface area contributed by atoms with Crippen LogP contribution in [0.15, 0.2) is 60.8 Å². The molecule has 280 valence electrons. The number of hydrogen-bond donors (Lipinski definition) is 0. The number of allylic oxidation sites excluding steroid dienone is 10. The molecular weight excluding hydrogens is 618 g/mol. The van der Waals surface area contributed by atoms with E-state index in [2.05, 4.69) is 26.0 Å². The number of carboxylic acids is 1. The lowest BCUT2D eigenvalue weighted by Gasteiger charge is -2.34. The first-order valence-corrected chi connectivity index (χ1v) is 18.9. The molecule has 2 atom stereocenters. The molecule has 0 saturated heterocycles. The zero-order valence-electron chi connectivity index (χ0n) is 31.6. The number of unbranched alkanes of at least 4 members (excludes halogenated alkanes) is 12. The summed E-state index contributed by atoms with van der Waals surface area (Å²) in [6, 6.07) is -0.733. The average molecular weight is 688 g/mol. The van der Waals surface area contributed by atoms with E-state index in [0.29, 0.717) is 12.8 Å². The Morgan fingerprint density at radius 1 is 0.633 bits per heavy atom. The Hall–Kier alpha value is -2.97. The summed E-state index contributed by atoms with van der Waals surface area (Å²) in [6.45, 7) is 4.43. The van der Waals surface area contributed by atoms with E-state index in [1.807, 2.05) is 48.6 Å². The van der Waals surface area contributed by atoms with Crippen molar-refractivity contribution < 1.29 is 38.2 Å². The second-order valence-electron chi connectivity index (χ2n) is 13.6. The van der Waals surface area contributed by atoms with E-state index in [0.717, 1.165) is 44.9 Å². The average Bonchev–Trinajstić information content (AvgIpc) is 3.05. The minimum Gasteiger partial charge on any atom is -0.544 e. The molecule has 0 aromatic heterocycles. The van der Waals surface area contributed by atoms with Crippen molar-refractivity contribution in [3.05, 3.63) is 60.8 Å². The maximum Gasteiger partial charge on any atom is 0.306 e. The third-order valence-electron chi connectivity index (χ3n) is 8.05. The Morgan fingerprint density at radius 3 is 1.69 bits per heavy atom. The Balaban J connectivity index is 4.54. The first kappa shape index (κ1) is 46.0. The van der Waals surface area contributed by atoms with Gasteiger partial charge in [0.2, 0.25) is 0 Å². The highest BCUT2D eigenvalue weighted by Gasteiger charge is 2.25. The van der Waals surface area contributed by atoms with Crippen LogP contribution in [0.3, 0.4) is 0 Å². The summed E-state index contributed by atoms with van der Waals surface area (Å²) in [6.07, 6.45) is 36.7. The van der Waals surface area contributed by atoms with Crippen molar-refractivity contribution in [1.82, 2.24) is 0 Å². The zero-order chi connectivity index (χ0) is 36.4. The van der Waals surface area contributed by atoms with E-state index in [1.165, 1.54) is 44.9 Å². The summed E-state index contributed by atoms with van der Waals surface area (Å²) in [5.74, 6) is -1.80. The molecule has 0 aromatic rings. The van der Waals surface area contributed by atoms with Crippen LogP contribution in [-0.4, -0.2) is 75.5 Å². The van der Waals surface area contributed by atoms with Crippen LogP contribution in [0.25, 0.3) is 0 Å². The zero-order valence-corrected chi connectivity index (χ0v) is 31.6. The van der Waals surface area contributed by atoms with Gasteiger partial charge in [-0.3, -0.25) is 9.59 Å². The number of carboxylic acid groups (broad SMARTS) is 1. The molecule has 0 amide bonds. The van der Waals surface area contributed by atoms with Gasteiger partial charge < -0.3 is 28.6 Å². The van der Waals surface area contributed by atoms with Crippen LogP contribution in [-0.2, 0) is 28.6 Å². The van der Waals surface area contributed by atoms with E-state index in [1.54, 1.807) is 21.1 Å². The van der Waals surface area contributed by atoms with Crippen molar-refractivity contribution in [3.63, 3.8) is 0 Å². The van der Waals surface area contributed by atoms with Crippen LogP contribution in [0.4, 0.5) is 0 Å². The lowest BCUT2D eigenvalue weighted by Crippen LogP contribution is -2.55. The number of aliphatic carboxylic acids is 1. The van der Waals surface area contributed by atoms with Gasteiger partial charge in [-0.15, -0.1) is 0 Å². The third-order valence-corrected chi connectivity index (χ3v) is 8.05. The van der Waals surface area contributed by atoms with Gasteiger partial charge in [-0.25, -0.2) is 0 Å². The Kier molecular flexibility index (Phi) is 30.3. The molecule has 0 radical (unpaired) electrons. The van der Waals surface area contributed by atoms with Gasteiger partial charge in [0.25, 0.3) is 0 Å². The van der Waals surface area contributed by atoms with Gasteiger partial charge in [-0.05, 0) is 32.1 Å². The highest BCUT2D eigenvalue weighted by molar-refractivity contribution is 5.70. The second-order valence-corrected chi connectivity index (χ2v) is 13.6. The predicted molar refractivity (Wildman–Crippen MR) is 199 cm³/mol. The van der Waals surface area contributed by atoms with Gasteiger partial charge in [0.05, 0.1) is 40.3 Å². The second kappa shape index (κ2) is 32.2. The molecule has 0 spiro atoms. The SMILES string of the molecule is CC/C=C/C=C/C=C/C=C/C=C/CCCCCC(=O)OC(COCCC(C(=O)[O-])[N+](C)(C)C)COC(=O)CCCCCCCCCCCC. The molecule has 2 unspecified atom stereocenters. The fourth-order valence-electron chi connectivity index (χ4n) is 5.09. The first-order valence-electron chi connectivity index (χ1n) is 18.9. The molecule has 0 rings (SSSR count). The van der Waals surface area contributed by atoms with E-state index >= 15 is 0 Å². The molecule has 0 aliphatic rings. The number of nitrogens with zero attached hydrogens (tertiary/aromatic N) is 1. The van der Waals surface area contributed by atoms with Gasteiger partial charge in [0.1, 0.15) is 12.6 Å². The van der Waals surface area contributed by atoms with Crippen molar-refractivity contribution in [2.24, 2.45) is 0 Å². The minimum atomic E-state index is -1.14. The van der Waals surface area contributed by atoms with Crippen LogP contribution >= 0.6 is 0 Å². The monoisotopic (exact) mass is 688 g/mol. The molecule has 0 bridgehead atoms. The number of quaternary nitrogens is 1. The van der Waals surface area contributed by atoms with Crippen molar-refractivity contribution in [2.75, 3.05) is 41.0 Å². The lowest BCUT2D eigenvalue weighted by atomic mass is 10.1. The number of hydrogen-bond acceptors (Lipinski definition) is 7. The number of rotatable bonds is 32. The predicted octanol–water partition coefficient (Wildman–Crippen LogP) is 8.13. The minimum absolute atomic E-state index is 0.0217. The standard InChI is InChI=1S/C41H69NO7/c1-6-8-10-12-14-16-18-19-20-21-22-24-26-28-30-32-40(44)49-37(35-47-34-33-38(41(45)46)42(3,4)5)36-48-39(43)31-29-27-25-23-17-15-13-11-9-7-2/h8,10,12,14,16,18-22,37-38H,6-7,9,11,13,15,17,23-36H2,1-5H3/b10-8+,14-12+,18-16+,20-19+,22-21+. The summed E-state index contributed by atoms with van der Waals surface area (Å²) in [4.78, 5) is 36.6. The maximum atomic E-state index is 12.6. The quantitative estimate of drug-likeness (QED) is 0.0305.